The Morgan fingerprint density at radius 1 is 1.00 bits per heavy atom. The quantitative estimate of drug-likeness (QED) is 0.513. The second-order valence-electron chi connectivity index (χ2n) is 4.34. The fraction of sp³-hybridized carbons (Fsp3) is 0.333. The molecular weight excluding hydrogens is 310 g/mol. The summed E-state index contributed by atoms with van der Waals surface area (Å²) in [7, 11) is 0. The number of rotatable bonds is 5. The first-order valence-corrected chi connectivity index (χ1v) is 7.57. The van der Waals surface area contributed by atoms with E-state index in [1.807, 2.05) is 0 Å². The van der Waals surface area contributed by atoms with Gasteiger partial charge in [-0.3, -0.25) is 9.59 Å². The van der Waals surface area contributed by atoms with Gasteiger partial charge in [-0.2, -0.15) is 8.75 Å². The fourth-order valence-electron chi connectivity index (χ4n) is 1.81. The molecule has 7 nitrogen and oxygen atoms in total. The van der Waals surface area contributed by atoms with Gasteiger partial charge in [0.05, 0.1) is 22.5 Å². The molecule has 0 aliphatic rings. The fourth-order valence-corrected chi connectivity index (χ4v) is 3.37. The molecule has 2 aromatic rings. The molecule has 0 aliphatic carbocycles. The number of carbonyl (C=O) groups is 2. The van der Waals surface area contributed by atoms with E-state index in [0.29, 0.717) is 32.5 Å². The number of hydrogen-bond donors (Lipinski definition) is 1. The third kappa shape index (κ3) is 3.19. The van der Waals surface area contributed by atoms with Crippen molar-refractivity contribution in [3.8, 4) is 0 Å². The van der Waals surface area contributed by atoms with Crippen LogP contribution < -0.4 is 5.43 Å². The third-order valence-electron chi connectivity index (χ3n) is 2.70. The van der Waals surface area contributed by atoms with E-state index >= 15 is 0 Å². The maximum atomic E-state index is 11.5. The zero-order chi connectivity index (χ0) is 15.6. The highest BCUT2D eigenvalue weighted by Gasteiger charge is 2.16. The monoisotopic (exact) mass is 323 g/mol. The third-order valence-corrected chi connectivity index (χ3v) is 4.37. The summed E-state index contributed by atoms with van der Waals surface area (Å²) in [6, 6.07) is 0. The first kappa shape index (κ1) is 15.4. The maximum Gasteiger partial charge on any atom is 0.171 e. The van der Waals surface area contributed by atoms with Crippen LogP contribution in [-0.2, 0) is 0 Å². The van der Waals surface area contributed by atoms with Crippen molar-refractivity contribution in [2.24, 2.45) is 10.3 Å². The zero-order valence-electron chi connectivity index (χ0n) is 11.9. The minimum atomic E-state index is -0.103. The van der Waals surface area contributed by atoms with Crippen molar-refractivity contribution in [3.05, 3.63) is 22.5 Å². The SMILES string of the molecule is CC(=O)c1c(C)nsc1N=NNc1snc(C)c1C(C)=O. The van der Waals surface area contributed by atoms with E-state index in [1.54, 1.807) is 13.8 Å². The van der Waals surface area contributed by atoms with E-state index in [0.717, 1.165) is 23.1 Å². The van der Waals surface area contributed by atoms with Crippen molar-refractivity contribution in [2.45, 2.75) is 27.7 Å². The molecule has 1 N–H and O–H groups in total. The standard InChI is InChI=1S/C12H13N5O2S2/c1-5-9(7(3)18)11(20-15-5)13-17-14-12-10(8(4)19)6(2)16-21-12/h1-4H3,(H,13,14). The Morgan fingerprint density at radius 3 is 2.19 bits per heavy atom. The topological polar surface area (TPSA) is 96.7 Å². The van der Waals surface area contributed by atoms with Crippen LogP contribution in [0.15, 0.2) is 10.3 Å². The van der Waals surface area contributed by atoms with Crippen LogP contribution in [0.25, 0.3) is 0 Å². The molecule has 0 amide bonds. The average Bonchev–Trinajstić information content (AvgIpc) is 2.93. The van der Waals surface area contributed by atoms with Gasteiger partial charge < -0.3 is 0 Å². The molecule has 0 bridgehead atoms. The Bertz CT molecular complexity index is 732. The second kappa shape index (κ2) is 6.19. The van der Waals surface area contributed by atoms with Crippen LogP contribution in [0.3, 0.4) is 0 Å². The number of ketones is 2. The molecule has 0 atom stereocenters. The van der Waals surface area contributed by atoms with Gasteiger partial charge in [-0.05, 0) is 50.8 Å². The minimum absolute atomic E-state index is 0.0861. The van der Waals surface area contributed by atoms with Gasteiger partial charge in [0.1, 0.15) is 5.00 Å². The van der Waals surface area contributed by atoms with Crippen LogP contribution in [0.1, 0.15) is 46.0 Å². The average molecular weight is 323 g/mol. The molecular formula is C12H13N5O2S2. The van der Waals surface area contributed by atoms with Crippen LogP contribution in [-0.4, -0.2) is 20.3 Å². The van der Waals surface area contributed by atoms with Gasteiger partial charge in [-0.15, -0.1) is 5.11 Å². The zero-order valence-corrected chi connectivity index (χ0v) is 13.6. The van der Waals surface area contributed by atoms with Crippen molar-refractivity contribution in [2.75, 3.05) is 5.43 Å². The smallest absolute Gasteiger partial charge is 0.171 e. The first-order valence-electron chi connectivity index (χ1n) is 6.03. The van der Waals surface area contributed by atoms with Crippen molar-refractivity contribution in [1.29, 1.82) is 0 Å². The summed E-state index contributed by atoms with van der Waals surface area (Å²) in [6.45, 7) is 6.44. The van der Waals surface area contributed by atoms with Gasteiger partial charge in [0.25, 0.3) is 0 Å². The van der Waals surface area contributed by atoms with Crippen molar-refractivity contribution in [1.82, 2.24) is 8.75 Å². The molecule has 2 rings (SSSR count). The van der Waals surface area contributed by atoms with Crippen LogP contribution in [0.4, 0.5) is 10.0 Å². The lowest BCUT2D eigenvalue weighted by molar-refractivity contribution is 0.100. The lowest BCUT2D eigenvalue weighted by Crippen LogP contribution is -1.97. The van der Waals surface area contributed by atoms with Gasteiger partial charge in [0, 0.05) is 0 Å². The summed E-state index contributed by atoms with van der Waals surface area (Å²) in [5.41, 5.74) is 4.97. The predicted molar refractivity (Wildman–Crippen MR) is 81.8 cm³/mol. The van der Waals surface area contributed by atoms with Gasteiger partial charge >= 0.3 is 0 Å². The number of Topliss-reactive ketones (excluding diaryl/α,β-unsaturated/α-hetero) is 2. The first-order chi connectivity index (χ1) is 9.91. The molecule has 2 heterocycles. The maximum absolute atomic E-state index is 11.5. The molecule has 0 spiro atoms. The molecule has 0 saturated heterocycles. The number of nitrogens with one attached hydrogen (secondary N) is 1. The molecule has 110 valence electrons. The number of aromatic nitrogens is 2. The van der Waals surface area contributed by atoms with Gasteiger partial charge in [0.2, 0.25) is 0 Å². The van der Waals surface area contributed by atoms with E-state index < -0.39 is 0 Å². The summed E-state index contributed by atoms with van der Waals surface area (Å²) in [5, 5.41) is 8.79. The molecule has 21 heavy (non-hydrogen) atoms. The Morgan fingerprint density at radius 2 is 1.57 bits per heavy atom. The number of anilines is 1. The summed E-state index contributed by atoms with van der Waals surface area (Å²) < 4.78 is 8.20. The molecule has 2 aromatic heterocycles. The van der Waals surface area contributed by atoms with Crippen LogP contribution in [0, 0.1) is 13.8 Å². The Hall–Kier alpha value is -2.00. The Balaban J connectivity index is 2.21. The second-order valence-corrected chi connectivity index (χ2v) is 5.87. The molecule has 0 aromatic carbocycles. The normalized spacial score (nSPS) is 11.0. The van der Waals surface area contributed by atoms with Crippen LogP contribution >= 0.6 is 23.1 Å². The van der Waals surface area contributed by atoms with Gasteiger partial charge in [-0.1, -0.05) is 5.22 Å². The van der Waals surface area contributed by atoms with Crippen molar-refractivity contribution in [3.63, 3.8) is 0 Å². The number of hydrogen-bond acceptors (Lipinski definition) is 8. The lowest BCUT2D eigenvalue weighted by Gasteiger charge is -1.98. The molecule has 0 radical (unpaired) electrons. The van der Waals surface area contributed by atoms with E-state index in [9.17, 15) is 9.59 Å². The van der Waals surface area contributed by atoms with Crippen LogP contribution in [0.2, 0.25) is 0 Å². The highest BCUT2D eigenvalue weighted by Crippen LogP contribution is 2.29. The Labute approximate surface area is 129 Å². The highest BCUT2D eigenvalue weighted by atomic mass is 32.1. The Kier molecular flexibility index (Phi) is 4.53. The summed E-state index contributed by atoms with van der Waals surface area (Å²) in [5.74, 6) is -0.190. The number of nitrogens with zero attached hydrogens (tertiary/aromatic N) is 4. The lowest BCUT2D eigenvalue weighted by atomic mass is 10.2. The molecule has 0 saturated carbocycles. The van der Waals surface area contributed by atoms with E-state index in [2.05, 4.69) is 24.5 Å². The number of aryl methyl sites for hydroxylation is 2. The molecule has 0 fully saturated rings. The number of carbonyl (C=O) groups excluding carboxylic acids is 2. The van der Waals surface area contributed by atoms with E-state index in [-0.39, 0.29) is 11.6 Å². The van der Waals surface area contributed by atoms with E-state index in [1.165, 1.54) is 13.8 Å². The predicted octanol–water partition coefficient (Wildman–Crippen LogP) is 3.73. The summed E-state index contributed by atoms with van der Waals surface area (Å²) >= 11 is 2.25. The molecule has 9 heteroatoms. The highest BCUT2D eigenvalue weighted by molar-refractivity contribution is 7.11. The van der Waals surface area contributed by atoms with Gasteiger partial charge in [0.15, 0.2) is 16.6 Å². The summed E-state index contributed by atoms with van der Waals surface area (Å²) in [6.07, 6.45) is 0. The van der Waals surface area contributed by atoms with Crippen molar-refractivity contribution < 1.29 is 9.59 Å². The molecule has 0 unspecified atom stereocenters. The van der Waals surface area contributed by atoms with Gasteiger partial charge in [-0.25, -0.2) is 5.43 Å². The van der Waals surface area contributed by atoms with E-state index in [4.69, 9.17) is 0 Å². The van der Waals surface area contributed by atoms with Crippen LogP contribution in [0.5, 0.6) is 0 Å². The van der Waals surface area contributed by atoms with Crippen molar-refractivity contribution >= 4 is 44.6 Å². The largest absolute Gasteiger partial charge is 0.294 e. The minimum Gasteiger partial charge on any atom is -0.294 e. The summed E-state index contributed by atoms with van der Waals surface area (Å²) in [4.78, 5) is 23.0. The molecule has 0 aliphatic heterocycles.